The van der Waals surface area contributed by atoms with Crippen LogP contribution in [0.25, 0.3) is 11.0 Å². The van der Waals surface area contributed by atoms with Crippen molar-refractivity contribution < 1.29 is 19.1 Å². The molecule has 0 aliphatic rings. The van der Waals surface area contributed by atoms with Crippen LogP contribution in [0.15, 0.2) is 41.2 Å². The number of nitrogens with one attached hydrogen (secondary N) is 2. The Bertz CT molecular complexity index is 1110. The van der Waals surface area contributed by atoms with Crippen LogP contribution >= 0.6 is 11.6 Å². The molecule has 0 fully saturated rings. The van der Waals surface area contributed by atoms with Gasteiger partial charge in [0.05, 0.1) is 30.5 Å². The number of esters is 1. The maximum absolute atomic E-state index is 12.6. The third-order valence-corrected chi connectivity index (χ3v) is 4.19. The Hall–Kier alpha value is -3.39. The number of carbonyl (C=O) groups is 2. The lowest BCUT2D eigenvalue weighted by Gasteiger charge is -2.10. The minimum absolute atomic E-state index is 0.0151. The molecule has 0 saturated carbocycles. The molecule has 2 heterocycles. The van der Waals surface area contributed by atoms with Gasteiger partial charge in [0, 0.05) is 11.5 Å². The van der Waals surface area contributed by atoms with Gasteiger partial charge in [-0.3, -0.25) is 9.59 Å². The number of aromatic amines is 1. The van der Waals surface area contributed by atoms with Gasteiger partial charge < -0.3 is 19.8 Å². The number of halogens is 1. The molecule has 0 spiro atoms. The summed E-state index contributed by atoms with van der Waals surface area (Å²) in [6.45, 7) is 0. The summed E-state index contributed by atoms with van der Waals surface area (Å²) in [6.07, 6.45) is 0. The standard InChI is InChI=1S/C18H14ClN3O5/c1-26-13-7-6-9-8-11(17(24)22-15(9)21-13)16(23)20-12-5-3-4-10(14(12)19)18(25)27-2/h3-8H,1-2H3,(H,20,23)(H,21,22,24). The van der Waals surface area contributed by atoms with E-state index < -0.39 is 17.4 Å². The normalized spacial score (nSPS) is 10.5. The summed E-state index contributed by atoms with van der Waals surface area (Å²) in [4.78, 5) is 43.2. The van der Waals surface area contributed by atoms with Crippen LogP contribution in [0.5, 0.6) is 5.88 Å². The third-order valence-electron chi connectivity index (χ3n) is 3.78. The van der Waals surface area contributed by atoms with E-state index in [0.717, 1.165) is 0 Å². The van der Waals surface area contributed by atoms with Crippen molar-refractivity contribution in [3.8, 4) is 5.88 Å². The van der Waals surface area contributed by atoms with Crippen molar-refractivity contribution in [3.63, 3.8) is 0 Å². The van der Waals surface area contributed by atoms with Gasteiger partial charge in [-0.15, -0.1) is 0 Å². The van der Waals surface area contributed by atoms with Crippen molar-refractivity contribution in [2.75, 3.05) is 19.5 Å². The summed E-state index contributed by atoms with van der Waals surface area (Å²) in [5.41, 5.74) is -0.186. The molecule has 0 saturated heterocycles. The zero-order chi connectivity index (χ0) is 19.6. The van der Waals surface area contributed by atoms with E-state index in [1.807, 2.05) is 0 Å². The van der Waals surface area contributed by atoms with E-state index in [1.54, 1.807) is 12.1 Å². The van der Waals surface area contributed by atoms with Crippen molar-refractivity contribution in [2.24, 2.45) is 0 Å². The monoisotopic (exact) mass is 387 g/mol. The van der Waals surface area contributed by atoms with E-state index in [1.165, 1.54) is 38.5 Å². The molecule has 1 amide bonds. The summed E-state index contributed by atoms with van der Waals surface area (Å²) >= 11 is 6.16. The fourth-order valence-corrected chi connectivity index (χ4v) is 2.68. The molecular formula is C18H14ClN3O5. The van der Waals surface area contributed by atoms with E-state index in [-0.39, 0.29) is 21.8 Å². The molecule has 2 aromatic heterocycles. The number of rotatable bonds is 4. The molecule has 9 heteroatoms. The number of nitrogens with zero attached hydrogens (tertiary/aromatic N) is 1. The first-order chi connectivity index (χ1) is 12.9. The molecule has 0 aliphatic carbocycles. The Kier molecular flexibility index (Phi) is 5.09. The molecule has 0 radical (unpaired) electrons. The average molecular weight is 388 g/mol. The number of hydrogen-bond donors (Lipinski definition) is 2. The molecule has 0 atom stereocenters. The Morgan fingerprint density at radius 3 is 2.63 bits per heavy atom. The smallest absolute Gasteiger partial charge is 0.339 e. The van der Waals surface area contributed by atoms with Gasteiger partial charge in [0.1, 0.15) is 11.2 Å². The molecule has 1 aromatic carbocycles. The van der Waals surface area contributed by atoms with Crippen LogP contribution in [-0.4, -0.2) is 36.1 Å². The van der Waals surface area contributed by atoms with Gasteiger partial charge in [-0.25, -0.2) is 4.79 Å². The zero-order valence-electron chi connectivity index (χ0n) is 14.3. The summed E-state index contributed by atoms with van der Waals surface area (Å²) in [5, 5.41) is 3.10. The number of carbonyl (C=O) groups excluding carboxylic acids is 2. The van der Waals surface area contributed by atoms with Crippen molar-refractivity contribution in [1.82, 2.24) is 9.97 Å². The number of aromatic nitrogens is 2. The van der Waals surface area contributed by atoms with Gasteiger partial charge >= 0.3 is 5.97 Å². The maximum Gasteiger partial charge on any atom is 0.339 e. The van der Waals surface area contributed by atoms with Crippen LogP contribution in [0, 0.1) is 0 Å². The van der Waals surface area contributed by atoms with Crippen LogP contribution in [0.1, 0.15) is 20.7 Å². The van der Waals surface area contributed by atoms with E-state index in [4.69, 9.17) is 16.3 Å². The Morgan fingerprint density at radius 1 is 1.15 bits per heavy atom. The predicted molar refractivity (Wildman–Crippen MR) is 99.7 cm³/mol. The first-order valence-corrected chi connectivity index (χ1v) is 8.08. The average Bonchev–Trinajstić information content (AvgIpc) is 2.67. The van der Waals surface area contributed by atoms with Gasteiger partial charge in [0.25, 0.3) is 11.5 Å². The highest BCUT2D eigenvalue weighted by Gasteiger charge is 2.18. The van der Waals surface area contributed by atoms with Crippen molar-refractivity contribution in [2.45, 2.75) is 0 Å². The van der Waals surface area contributed by atoms with Crippen LogP contribution < -0.4 is 15.6 Å². The van der Waals surface area contributed by atoms with Crippen LogP contribution in [0.3, 0.4) is 0 Å². The second-order valence-corrected chi connectivity index (χ2v) is 5.79. The highest BCUT2D eigenvalue weighted by molar-refractivity contribution is 6.36. The molecule has 8 nitrogen and oxygen atoms in total. The number of pyridine rings is 2. The van der Waals surface area contributed by atoms with Crippen molar-refractivity contribution >= 4 is 40.2 Å². The number of fused-ring (bicyclic) bond motifs is 1. The molecular weight excluding hydrogens is 374 g/mol. The Balaban J connectivity index is 1.96. The van der Waals surface area contributed by atoms with Crippen molar-refractivity contribution in [1.29, 1.82) is 0 Å². The van der Waals surface area contributed by atoms with E-state index >= 15 is 0 Å². The summed E-state index contributed by atoms with van der Waals surface area (Å²) in [5.74, 6) is -0.987. The molecule has 0 bridgehead atoms. The number of benzene rings is 1. The number of methoxy groups -OCH3 is 2. The van der Waals surface area contributed by atoms with Gasteiger partial charge in [-0.1, -0.05) is 17.7 Å². The summed E-state index contributed by atoms with van der Waals surface area (Å²) < 4.78 is 9.65. The predicted octanol–water partition coefficient (Wildman–Crippen LogP) is 2.62. The number of anilines is 1. The lowest BCUT2D eigenvalue weighted by molar-refractivity contribution is 0.0600. The summed E-state index contributed by atoms with van der Waals surface area (Å²) in [7, 11) is 2.68. The van der Waals surface area contributed by atoms with Crippen molar-refractivity contribution in [3.05, 3.63) is 62.9 Å². The van der Waals surface area contributed by atoms with Gasteiger partial charge in [-0.05, 0) is 24.3 Å². The number of ether oxygens (including phenoxy) is 2. The molecule has 0 unspecified atom stereocenters. The van der Waals surface area contributed by atoms with Crippen LogP contribution in [-0.2, 0) is 4.74 Å². The van der Waals surface area contributed by atoms with E-state index in [2.05, 4.69) is 20.0 Å². The zero-order valence-corrected chi connectivity index (χ0v) is 15.1. The Morgan fingerprint density at radius 2 is 1.93 bits per heavy atom. The first-order valence-electron chi connectivity index (χ1n) is 7.71. The number of H-pyrrole nitrogens is 1. The highest BCUT2D eigenvalue weighted by atomic mass is 35.5. The lowest BCUT2D eigenvalue weighted by Crippen LogP contribution is -2.23. The molecule has 3 rings (SSSR count). The van der Waals surface area contributed by atoms with Gasteiger partial charge in [0.15, 0.2) is 0 Å². The number of hydrogen-bond acceptors (Lipinski definition) is 6. The number of amides is 1. The second-order valence-electron chi connectivity index (χ2n) is 5.42. The minimum Gasteiger partial charge on any atom is -0.481 e. The van der Waals surface area contributed by atoms with E-state index in [0.29, 0.717) is 16.9 Å². The third kappa shape index (κ3) is 3.61. The minimum atomic E-state index is -0.683. The fraction of sp³-hybridized carbons (Fsp3) is 0.111. The largest absolute Gasteiger partial charge is 0.481 e. The first kappa shape index (κ1) is 18.4. The molecule has 0 aliphatic heterocycles. The summed E-state index contributed by atoms with van der Waals surface area (Å²) in [6, 6.07) is 9.19. The van der Waals surface area contributed by atoms with Gasteiger partial charge in [-0.2, -0.15) is 4.98 Å². The van der Waals surface area contributed by atoms with Crippen LogP contribution in [0.4, 0.5) is 5.69 Å². The quantitative estimate of drug-likeness (QED) is 0.666. The van der Waals surface area contributed by atoms with E-state index in [9.17, 15) is 14.4 Å². The molecule has 3 aromatic rings. The SMILES string of the molecule is COC(=O)c1cccc(NC(=O)c2cc3ccc(OC)nc3[nH]c2=O)c1Cl. The fourth-order valence-electron chi connectivity index (χ4n) is 2.43. The molecule has 2 N–H and O–H groups in total. The topological polar surface area (TPSA) is 110 Å². The highest BCUT2D eigenvalue weighted by Crippen LogP contribution is 2.27. The Labute approximate surface area is 158 Å². The van der Waals surface area contributed by atoms with Crippen LogP contribution in [0.2, 0.25) is 5.02 Å². The molecule has 138 valence electrons. The lowest BCUT2D eigenvalue weighted by atomic mass is 10.1. The molecule has 27 heavy (non-hydrogen) atoms. The van der Waals surface area contributed by atoms with Gasteiger partial charge in [0.2, 0.25) is 5.88 Å². The second kappa shape index (κ2) is 7.46. The maximum atomic E-state index is 12.6.